The predicted molar refractivity (Wildman–Crippen MR) is 59.5 cm³/mol. The molecule has 0 radical (unpaired) electrons. The van der Waals surface area contributed by atoms with Crippen LogP contribution in [0.25, 0.3) is 0 Å². The van der Waals surface area contributed by atoms with Crippen LogP contribution in [-0.4, -0.2) is 29.3 Å². The van der Waals surface area contributed by atoms with Crippen molar-refractivity contribution in [1.29, 1.82) is 0 Å². The molecule has 2 rings (SSSR count). The van der Waals surface area contributed by atoms with E-state index in [1.54, 1.807) is 12.4 Å². The Morgan fingerprint density at radius 1 is 1.33 bits per heavy atom. The van der Waals surface area contributed by atoms with Crippen molar-refractivity contribution in [2.24, 2.45) is 5.92 Å². The fourth-order valence-corrected chi connectivity index (χ4v) is 2.16. The molecular weight excluding hydrogens is 188 g/mol. The number of aromatic nitrogens is 1. The Morgan fingerprint density at radius 3 is 2.67 bits per heavy atom. The summed E-state index contributed by atoms with van der Waals surface area (Å²) in [6, 6.07) is 3.95. The molecule has 2 N–H and O–H groups in total. The topological polar surface area (TPSA) is 45.2 Å². The van der Waals surface area contributed by atoms with E-state index in [2.05, 4.69) is 10.3 Å². The summed E-state index contributed by atoms with van der Waals surface area (Å²) in [6.45, 7) is 2.08. The van der Waals surface area contributed by atoms with E-state index in [1.807, 2.05) is 12.1 Å². The summed E-state index contributed by atoms with van der Waals surface area (Å²) >= 11 is 0. The third-order valence-corrected chi connectivity index (χ3v) is 3.12. The summed E-state index contributed by atoms with van der Waals surface area (Å²) in [5.74, 6) is 0.458. The Kier molecular flexibility index (Phi) is 3.69. The van der Waals surface area contributed by atoms with E-state index in [4.69, 9.17) is 0 Å². The number of aliphatic hydroxyl groups is 1. The van der Waals surface area contributed by atoms with E-state index in [9.17, 15) is 5.11 Å². The second-order valence-electron chi connectivity index (χ2n) is 4.21. The first-order chi connectivity index (χ1) is 7.36. The molecule has 82 valence electrons. The third kappa shape index (κ3) is 3.01. The fraction of sp³-hybridized carbons (Fsp3) is 0.583. The number of pyridine rings is 1. The van der Waals surface area contributed by atoms with E-state index in [0.29, 0.717) is 5.92 Å². The molecule has 1 unspecified atom stereocenters. The van der Waals surface area contributed by atoms with Crippen LogP contribution in [0.1, 0.15) is 18.4 Å². The molecule has 15 heavy (non-hydrogen) atoms. The van der Waals surface area contributed by atoms with Crippen LogP contribution in [0.5, 0.6) is 0 Å². The Bertz CT molecular complexity index is 283. The van der Waals surface area contributed by atoms with Crippen molar-refractivity contribution >= 4 is 0 Å². The molecular formula is C12H18N2O. The molecule has 1 atom stereocenters. The first-order valence-electron chi connectivity index (χ1n) is 5.64. The van der Waals surface area contributed by atoms with Crippen LogP contribution in [-0.2, 0) is 6.42 Å². The Balaban J connectivity index is 1.88. The van der Waals surface area contributed by atoms with Crippen LogP contribution in [0, 0.1) is 5.92 Å². The minimum absolute atomic E-state index is 0.200. The van der Waals surface area contributed by atoms with Crippen LogP contribution in [0.2, 0.25) is 0 Å². The van der Waals surface area contributed by atoms with Gasteiger partial charge < -0.3 is 10.4 Å². The van der Waals surface area contributed by atoms with Crippen molar-refractivity contribution in [1.82, 2.24) is 10.3 Å². The number of rotatable bonds is 3. The maximum atomic E-state index is 10.1. The van der Waals surface area contributed by atoms with Gasteiger partial charge in [-0.2, -0.15) is 0 Å². The van der Waals surface area contributed by atoms with Gasteiger partial charge in [0.1, 0.15) is 0 Å². The number of hydrogen-bond acceptors (Lipinski definition) is 3. The van der Waals surface area contributed by atoms with Crippen LogP contribution in [0.4, 0.5) is 0 Å². The molecule has 0 aliphatic carbocycles. The zero-order valence-electron chi connectivity index (χ0n) is 8.89. The normalized spacial score (nSPS) is 20.1. The highest BCUT2D eigenvalue weighted by Gasteiger charge is 2.21. The lowest BCUT2D eigenvalue weighted by Gasteiger charge is -2.27. The highest BCUT2D eigenvalue weighted by Crippen LogP contribution is 2.19. The maximum absolute atomic E-state index is 10.1. The van der Waals surface area contributed by atoms with E-state index in [-0.39, 0.29) is 6.10 Å². The average molecular weight is 206 g/mol. The van der Waals surface area contributed by atoms with Crippen molar-refractivity contribution < 1.29 is 5.11 Å². The first kappa shape index (κ1) is 10.6. The first-order valence-corrected chi connectivity index (χ1v) is 5.64. The molecule has 1 aromatic rings. The average Bonchev–Trinajstić information content (AvgIpc) is 2.31. The molecule has 1 aliphatic rings. The van der Waals surface area contributed by atoms with Gasteiger partial charge in [-0.15, -0.1) is 0 Å². The summed E-state index contributed by atoms with van der Waals surface area (Å²) in [5, 5.41) is 13.4. The standard InChI is InChI=1S/C12H18N2O/c15-12(11-3-7-14-8-4-11)9-10-1-5-13-6-2-10/h1-2,5-6,11-12,14-15H,3-4,7-9H2. The maximum Gasteiger partial charge on any atom is 0.0609 e. The molecule has 0 bridgehead atoms. The van der Waals surface area contributed by atoms with Gasteiger partial charge in [-0.25, -0.2) is 0 Å². The van der Waals surface area contributed by atoms with Gasteiger partial charge in [0.2, 0.25) is 0 Å². The minimum atomic E-state index is -0.200. The summed E-state index contributed by atoms with van der Waals surface area (Å²) in [5.41, 5.74) is 1.18. The largest absolute Gasteiger partial charge is 0.392 e. The van der Waals surface area contributed by atoms with Crippen LogP contribution in [0.3, 0.4) is 0 Å². The van der Waals surface area contributed by atoms with Crippen molar-refractivity contribution in [3.8, 4) is 0 Å². The number of nitrogens with one attached hydrogen (secondary N) is 1. The van der Waals surface area contributed by atoms with Crippen molar-refractivity contribution in [3.63, 3.8) is 0 Å². The molecule has 3 nitrogen and oxygen atoms in total. The molecule has 1 aromatic heterocycles. The molecule has 3 heteroatoms. The van der Waals surface area contributed by atoms with Gasteiger partial charge in [-0.3, -0.25) is 4.98 Å². The third-order valence-electron chi connectivity index (χ3n) is 3.12. The van der Waals surface area contributed by atoms with Gasteiger partial charge in [-0.1, -0.05) is 0 Å². The molecule has 0 amide bonds. The number of piperidine rings is 1. The Labute approximate surface area is 90.5 Å². The highest BCUT2D eigenvalue weighted by atomic mass is 16.3. The van der Waals surface area contributed by atoms with Crippen LogP contribution >= 0.6 is 0 Å². The summed E-state index contributed by atoms with van der Waals surface area (Å²) in [6.07, 6.45) is 6.30. The molecule has 0 spiro atoms. The monoisotopic (exact) mass is 206 g/mol. The lowest BCUT2D eigenvalue weighted by atomic mass is 9.89. The van der Waals surface area contributed by atoms with Crippen LogP contribution in [0.15, 0.2) is 24.5 Å². The highest BCUT2D eigenvalue weighted by molar-refractivity contribution is 5.11. The Morgan fingerprint density at radius 2 is 2.00 bits per heavy atom. The van der Waals surface area contributed by atoms with E-state index in [1.165, 1.54) is 5.56 Å². The lowest BCUT2D eigenvalue weighted by molar-refractivity contribution is 0.0890. The quantitative estimate of drug-likeness (QED) is 0.775. The SMILES string of the molecule is OC(Cc1ccncc1)C1CCNCC1. The van der Waals surface area contributed by atoms with Crippen LogP contribution < -0.4 is 5.32 Å². The van der Waals surface area contributed by atoms with E-state index in [0.717, 1.165) is 32.4 Å². The number of nitrogens with zero attached hydrogens (tertiary/aromatic N) is 1. The fourth-order valence-electron chi connectivity index (χ4n) is 2.16. The van der Waals surface area contributed by atoms with Crippen molar-refractivity contribution in [2.75, 3.05) is 13.1 Å². The molecule has 0 aromatic carbocycles. The molecule has 2 heterocycles. The van der Waals surface area contributed by atoms with Gasteiger partial charge in [0.05, 0.1) is 6.10 Å². The molecule has 1 fully saturated rings. The van der Waals surface area contributed by atoms with Gasteiger partial charge in [0, 0.05) is 12.4 Å². The molecule has 1 aliphatic heterocycles. The minimum Gasteiger partial charge on any atom is -0.392 e. The molecule has 0 saturated carbocycles. The number of aliphatic hydroxyl groups excluding tert-OH is 1. The summed E-state index contributed by atoms with van der Waals surface area (Å²) < 4.78 is 0. The van der Waals surface area contributed by atoms with Gasteiger partial charge in [0.25, 0.3) is 0 Å². The van der Waals surface area contributed by atoms with Crippen molar-refractivity contribution in [2.45, 2.75) is 25.4 Å². The molecule has 1 saturated heterocycles. The Hall–Kier alpha value is -0.930. The second kappa shape index (κ2) is 5.24. The second-order valence-corrected chi connectivity index (χ2v) is 4.21. The zero-order chi connectivity index (χ0) is 10.5. The zero-order valence-corrected chi connectivity index (χ0v) is 8.89. The summed E-state index contributed by atoms with van der Waals surface area (Å²) in [4.78, 5) is 3.97. The lowest BCUT2D eigenvalue weighted by Crippen LogP contribution is -2.34. The summed E-state index contributed by atoms with van der Waals surface area (Å²) in [7, 11) is 0. The number of hydrogen-bond donors (Lipinski definition) is 2. The van der Waals surface area contributed by atoms with Gasteiger partial charge in [0.15, 0.2) is 0 Å². The predicted octanol–water partition coefficient (Wildman–Crippen LogP) is 0.985. The smallest absolute Gasteiger partial charge is 0.0609 e. The van der Waals surface area contributed by atoms with Gasteiger partial charge in [-0.05, 0) is 56.0 Å². The van der Waals surface area contributed by atoms with Gasteiger partial charge >= 0.3 is 0 Å². The van der Waals surface area contributed by atoms with E-state index >= 15 is 0 Å². The van der Waals surface area contributed by atoms with E-state index < -0.39 is 0 Å². The van der Waals surface area contributed by atoms with Crippen molar-refractivity contribution in [3.05, 3.63) is 30.1 Å².